The van der Waals surface area contributed by atoms with E-state index in [2.05, 4.69) is 12.7 Å². The molecule has 1 heteroatoms. The van der Waals surface area contributed by atoms with Crippen molar-refractivity contribution in [1.82, 2.24) is 0 Å². The quantitative estimate of drug-likeness (QED) is 0.625. The highest BCUT2D eigenvalue weighted by molar-refractivity contribution is 4.96. The molecule has 2 atom stereocenters. The Morgan fingerprint density at radius 1 is 1.33 bits per heavy atom. The summed E-state index contributed by atoms with van der Waals surface area (Å²) in [7, 11) is 0. The summed E-state index contributed by atoms with van der Waals surface area (Å²) in [4.78, 5) is 0. The molecule has 0 heterocycles. The van der Waals surface area contributed by atoms with Gasteiger partial charge in [0, 0.05) is 0 Å². The molecule has 68 valence electrons. The molecular formula is C11H18O. The van der Waals surface area contributed by atoms with Gasteiger partial charge in [-0.3, -0.25) is 0 Å². The van der Waals surface area contributed by atoms with E-state index in [9.17, 15) is 5.11 Å². The van der Waals surface area contributed by atoms with E-state index in [1.807, 2.05) is 12.2 Å². The van der Waals surface area contributed by atoms with Gasteiger partial charge in [-0.1, -0.05) is 31.1 Å². The van der Waals surface area contributed by atoms with Gasteiger partial charge in [-0.05, 0) is 25.2 Å². The topological polar surface area (TPSA) is 20.2 Å². The Hall–Kier alpha value is -0.560. The summed E-state index contributed by atoms with van der Waals surface area (Å²) in [5.74, 6) is 0.609. The molecule has 2 unspecified atom stereocenters. The van der Waals surface area contributed by atoms with Crippen LogP contribution >= 0.6 is 0 Å². The van der Waals surface area contributed by atoms with E-state index in [1.54, 1.807) is 0 Å². The van der Waals surface area contributed by atoms with Crippen molar-refractivity contribution in [2.45, 2.75) is 38.2 Å². The van der Waals surface area contributed by atoms with Gasteiger partial charge in [-0.25, -0.2) is 0 Å². The number of aliphatic hydroxyl groups is 1. The van der Waals surface area contributed by atoms with Crippen molar-refractivity contribution in [1.29, 1.82) is 0 Å². The number of allylic oxidation sites excluding steroid dienone is 2. The first-order valence-corrected chi connectivity index (χ1v) is 4.80. The van der Waals surface area contributed by atoms with Gasteiger partial charge in [0.05, 0.1) is 6.10 Å². The summed E-state index contributed by atoms with van der Waals surface area (Å²) >= 11 is 0. The Morgan fingerprint density at radius 3 is 2.83 bits per heavy atom. The van der Waals surface area contributed by atoms with Crippen LogP contribution in [0.4, 0.5) is 0 Å². The van der Waals surface area contributed by atoms with E-state index in [4.69, 9.17) is 0 Å². The van der Waals surface area contributed by atoms with Crippen molar-refractivity contribution < 1.29 is 5.11 Å². The molecule has 0 amide bonds. The summed E-state index contributed by atoms with van der Waals surface area (Å²) in [5, 5.41) is 9.39. The molecule has 0 saturated heterocycles. The van der Waals surface area contributed by atoms with Crippen molar-refractivity contribution in [2.24, 2.45) is 5.92 Å². The molecule has 0 bridgehead atoms. The van der Waals surface area contributed by atoms with Crippen LogP contribution in [-0.4, -0.2) is 11.2 Å². The zero-order chi connectivity index (χ0) is 8.81. The molecule has 0 saturated carbocycles. The van der Waals surface area contributed by atoms with E-state index in [1.165, 1.54) is 12.8 Å². The van der Waals surface area contributed by atoms with E-state index in [0.29, 0.717) is 5.92 Å². The van der Waals surface area contributed by atoms with Crippen LogP contribution in [0.2, 0.25) is 0 Å². The molecule has 0 aromatic carbocycles. The second kappa shape index (κ2) is 5.15. The molecule has 1 N–H and O–H groups in total. The minimum Gasteiger partial charge on any atom is -0.389 e. The first-order chi connectivity index (χ1) is 5.83. The van der Waals surface area contributed by atoms with Crippen molar-refractivity contribution in [3.63, 3.8) is 0 Å². The average molecular weight is 166 g/mol. The van der Waals surface area contributed by atoms with Crippen LogP contribution in [0.25, 0.3) is 0 Å². The van der Waals surface area contributed by atoms with Gasteiger partial charge in [0.1, 0.15) is 0 Å². The molecular weight excluding hydrogens is 148 g/mol. The van der Waals surface area contributed by atoms with Crippen LogP contribution in [0.1, 0.15) is 32.1 Å². The zero-order valence-corrected chi connectivity index (χ0v) is 7.58. The SMILES string of the molecule is C=CCC1/C=C\C(O)CCCC1. The highest BCUT2D eigenvalue weighted by atomic mass is 16.3. The molecule has 1 rings (SSSR count). The Labute approximate surface area is 74.8 Å². The minimum atomic E-state index is -0.211. The van der Waals surface area contributed by atoms with E-state index >= 15 is 0 Å². The number of hydrogen-bond acceptors (Lipinski definition) is 1. The standard InChI is InChI=1S/C11H18O/c1-2-5-10-6-3-4-7-11(12)9-8-10/h2,8-12H,1,3-7H2/b9-8-. The molecule has 12 heavy (non-hydrogen) atoms. The fourth-order valence-corrected chi connectivity index (χ4v) is 1.65. The van der Waals surface area contributed by atoms with Gasteiger partial charge in [0.2, 0.25) is 0 Å². The second-order valence-electron chi connectivity index (χ2n) is 3.52. The van der Waals surface area contributed by atoms with Crippen molar-refractivity contribution in [3.05, 3.63) is 24.8 Å². The predicted molar refractivity (Wildman–Crippen MR) is 51.9 cm³/mol. The molecule has 1 nitrogen and oxygen atoms in total. The lowest BCUT2D eigenvalue weighted by Gasteiger charge is -2.15. The van der Waals surface area contributed by atoms with Gasteiger partial charge >= 0.3 is 0 Å². The molecule has 0 aromatic heterocycles. The van der Waals surface area contributed by atoms with Crippen molar-refractivity contribution in [3.8, 4) is 0 Å². The third-order valence-corrected chi connectivity index (χ3v) is 2.40. The third kappa shape index (κ3) is 3.22. The monoisotopic (exact) mass is 166 g/mol. The summed E-state index contributed by atoms with van der Waals surface area (Å²) in [6, 6.07) is 0. The van der Waals surface area contributed by atoms with Gasteiger partial charge < -0.3 is 5.11 Å². The molecule has 1 aliphatic carbocycles. The Morgan fingerprint density at radius 2 is 2.08 bits per heavy atom. The highest BCUT2D eigenvalue weighted by Gasteiger charge is 2.08. The van der Waals surface area contributed by atoms with Crippen LogP contribution in [0.3, 0.4) is 0 Å². The van der Waals surface area contributed by atoms with Crippen LogP contribution < -0.4 is 0 Å². The summed E-state index contributed by atoms with van der Waals surface area (Å²) in [6.07, 6.45) is 11.4. The normalized spacial score (nSPS) is 33.4. The Kier molecular flexibility index (Phi) is 4.09. The van der Waals surface area contributed by atoms with Crippen molar-refractivity contribution in [2.75, 3.05) is 0 Å². The zero-order valence-electron chi connectivity index (χ0n) is 7.58. The van der Waals surface area contributed by atoms with E-state index < -0.39 is 0 Å². The van der Waals surface area contributed by atoms with E-state index in [0.717, 1.165) is 19.3 Å². The molecule has 0 spiro atoms. The van der Waals surface area contributed by atoms with Gasteiger partial charge in [-0.15, -0.1) is 6.58 Å². The van der Waals surface area contributed by atoms with Crippen molar-refractivity contribution >= 4 is 0 Å². The third-order valence-electron chi connectivity index (χ3n) is 2.40. The van der Waals surface area contributed by atoms with Crippen LogP contribution in [0, 0.1) is 5.92 Å². The predicted octanol–water partition coefficient (Wildman–Crippen LogP) is 2.67. The van der Waals surface area contributed by atoms with Crippen LogP contribution in [0.5, 0.6) is 0 Å². The lowest BCUT2D eigenvalue weighted by atomic mass is 9.93. The van der Waals surface area contributed by atoms with Crippen LogP contribution in [0.15, 0.2) is 24.8 Å². The average Bonchev–Trinajstić information content (AvgIpc) is 2.04. The molecule has 0 aliphatic heterocycles. The second-order valence-corrected chi connectivity index (χ2v) is 3.52. The fraction of sp³-hybridized carbons (Fsp3) is 0.636. The maximum absolute atomic E-state index is 9.39. The fourth-order valence-electron chi connectivity index (χ4n) is 1.65. The number of aliphatic hydroxyl groups excluding tert-OH is 1. The van der Waals surface area contributed by atoms with Gasteiger partial charge in [0.25, 0.3) is 0 Å². The molecule has 1 aliphatic rings. The first kappa shape index (κ1) is 9.53. The summed E-state index contributed by atoms with van der Waals surface area (Å²) in [6.45, 7) is 3.73. The lowest BCUT2D eigenvalue weighted by molar-refractivity contribution is 0.203. The molecule has 0 fully saturated rings. The smallest absolute Gasteiger partial charge is 0.0721 e. The van der Waals surface area contributed by atoms with Gasteiger partial charge in [0.15, 0.2) is 0 Å². The molecule has 0 aromatic rings. The van der Waals surface area contributed by atoms with Gasteiger partial charge in [-0.2, -0.15) is 0 Å². The Balaban J connectivity index is 2.45. The minimum absolute atomic E-state index is 0.211. The number of rotatable bonds is 2. The molecule has 0 radical (unpaired) electrons. The summed E-state index contributed by atoms with van der Waals surface area (Å²) in [5.41, 5.74) is 0. The Bertz CT molecular complexity index is 160. The largest absolute Gasteiger partial charge is 0.389 e. The number of hydrogen-bond donors (Lipinski definition) is 1. The summed E-state index contributed by atoms with van der Waals surface area (Å²) < 4.78 is 0. The first-order valence-electron chi connectivity index (χ1n) is 4.80. The lowest BCUT2D eigenvalue weighted by Crippen LogP contribution is -2.07. The highest BCUT2D eigenvalue weighted by Crippen LogP contribution is 2.19. The van der Waals surface area contributed by atoms with Crippen LogP contribution in [-0.2, 0) is 0 Å². The van der Waals surface area contributed by atoms with E-state index in [-0.39, 0.29) is 6.10 Å². The maximum Gasteiger partial charge on any atom is 0.0721 e. The maximum atomic E-state index is 9.39.